The van der Waals surface area contributed by atoms with Gasteiger partial charge < -0.3 is 59.5 Å². The van der Waals surface area contributed by atoms with Crippen molar-refractivity contribution in [2.24, 2.45) is 0 Å². The molecule has 0 amide bonds. The maximum atomic E-state index is 13.1. The highest BCUT2D eigenvalue weighted by atomic mass is 16.7. The molecule has 1 aromatic heterocycles. The number of esters is 1. The minimum Gasteiger partial charge on any atom is -0.508 e. The average Bonchev–Trinajstić information content (AvgIpc) is 2.95. The fourth-order valence-corrected chi connectivity index (χ4v) is 4.43. The SMILES string of the molecule is O=C(C=Cc1ccc(O)cc1)OC1C(O)C(CO)OC(Oc2c(O)cc3oc4cc(O)c(O)cc4c(=O)c3c2O)C1O. The van der Waals surface area contributed by atoms with E-state index in [0.29, 0.717) is 5.56 Å². The van der Waals surface area contributed by atoms with Gasteiger partial charge in [0.1, 0.15) is 34.5 Å². The molecule has 0 spiro atoms. The van der Waals surface area contributed by atoms with Crippen LogP contribution in [0.15, 0.2) is 57.8 Å². The van der Waals surface area contributed by atoms with Crippen LogP contribution in [0, 0.1) is 0 Å². The smallest absolute Gasteiger partial charge is 0.331 e. The van der Waals surface area contributed by atoms with Crippen LogP contribution in [-0.2, 0) is 14.3 Å². The molecule has 1 aliphatic rings. The van der Waals surface area contributed by atoms with E-state index in [1.165, 1.54) is 30.3 Å². The van der Waals surface area contributed by atoms with Crippen molar-refractivity contribution in [2.75, 3.05) is 6.61 Å². The molecule has 1 aliphatic heterocycles. The topological polar surface area (TPSA) is 237 Å². The summed E-state index contributed by atoms with van der Waals surface area (Å²) in [6, 6.07) is 8.61. The average molecular weight is 584 g/mol. The molecule has 5 atom stereocenters. The highest BCUT2D eigenvalue weighted by Crippen LogP contribution is 2.44. The van der Waals surface area contributed by atoms with Gasteiger partial charge in [-0.25, -0.2) is 4.79 Å². The third kappa shape index (κ3) is 5.22. The maximum absolute atomic E-state index is 13.1. The van der Waals surface area contributed by atoms with Crippen LogP contribution in [0.2, 0.25) is 0 Å². The number of phenolic OH excluding ortho intramolecular Hbond substituents is 5. The van der Waals surface area contributed by atoms with Gasteiger partial charge in [0.05, 0.1) is 12.0 Å². The van der Waals surface area contributed by atoms with E-state index in [9.17, 15) is 50.4 Å². The Labute approximate surface area is 234 Å². The summed E-state index contributed by atoms with van der Waals surface area (Å²) in [4.78, 5) is 25.6. The van der Waals surface area contributed by atoms with E-state index >= 15 is 0 Å². The van der Waals surface area contributed by atoms with Crippen molar-refractivity contribution in [1.29, 1.82) is 0 Å². The van der Waals surface area contributed by atoms with Crippen molar-refractivity contribution >= 4 is 34.0 Å². The fraction of sp³-hybridized carbons (Fsp3) is 0.214. The minimum atomic E-state index is -1.93. The Hall–Kier alpha value is -5.02. The van der Waals surface area contributed by atoms with Crippen molar-refractivity contribution in [3.63, 3.8) is 0 Å². The summed E-state index contributed by atoms with van der Waals surface area (Å²) in [6.07, 6.45) is -6.34. The summed E-state index contributed by atoms with van der Waals surface area (Å²) in [5.41, 5.74) is -0.824. The molecule has 8 N–H and O–H groups in total. The van der Waals surface area contributed by atoms with Crippen molar-refractivity contribution in [2.45, 2.75) is 30.7 Å². The number of carbonyl (C=O) groups is 1. The first-order chi connectivity index (χ1) is 20.0. The molecule has 0 aliphatic carbocycles. The highest BCUT2D eigenvalue weighted by Gasteiger charge is 2.48. The fourth-order valence-electron chi connectivity index (χ4n) is 4.43. The number of aromatic hydroxyl groups is 5. The Kier molecular flexibility index (Phi) is 7.53. The number of benzene rings is 3. The number of phenols is 5. The molecular weight excluding hydrogens is 560 g/mol. The van der Waals surface area contributed by atoms with Crippen LogP contribution in [0.5, 0.6) is 34.5 Å². The van der Waals surface area contributed by atoms with Gasteiger partial charge in [-0.05, 0) is 29.8 Å². The van der Waals surface area contributed by atoms with Gasteiger partial charge in [0.15, 0.2) is 35.2 Å². The molecule has 0 saturated carbocycles. The van der Waals surface area contributed by atoms with Gasteiger partial charge in [-0.2, -0.15) is 0 Å². The third-order valence-electron chi connectivity index (χ3n) is 6.58. The number of aliphatic hydroxyl groups is 3. The van der Waals surface area contributed by atoms with Gasteiger partial charge in [0.25, 0.3) is 0 Å². The van der Waals surface area contributed by atoms with Crippen LogP contribution in [0.3, 0.4) is 0 Å². The lowest BCUT2D eigenvalue weighted by Crippen LogP contribution is -2.61. The highest BCUT2D eigenvalue weighted by molar-refractivity contribution is 5.96. The summed E-state index contributed by atoms with van der Waals surface area (Å²) in [6.45, 7) is -0.813. The quantitative estimate of drug-likeness (QED) is 0.0681. The van der Waals surface area contributed by atoms with Gasteiger partial charge >= 0.3 is 5.97 Å². The lowest BCUT2D eigenvalue weighted by Gasteiger charge is -2.41. The molecule has 2 heterocycles. The third-order valence-corrected chi connectivity index (χ3v) is 6.58. The molecule has 0 bridgehead atoms. The van der Waals surface area contributed by atoms with Crippen molar-refractivity contribution < 1.29 is 64.3 Å². The van der Waals surface area contributed by atoms with Crippen LogP contribution in [0.1, 0.15) is 5.56 Å². The Morgan fingerprint density at radius 1 is 0.905 bits per heavy atom. The lowest BCUT2D eigenvalue weighted by molar-refractivity contribution is -0.280. The first-order valence-electron chi connectivity index (χ1n) is 12.3. The zero-order valence-electron chi connectivity index (χ0n) is 21.3. The van der Waals surface area contributed by atoms with Crippen LogP contribution in [0.4, 0.5) is 0 Å². The van der Waals surface area contributed by atoms with Crippen LogP contribution in [0.25, 0.3) is 28.0 Å². The number of ether oxygens (including phenoxy) is 3. The molecule has 4 aromatic rings. The summed E-state index contributed by atoms with van der Waals surface area (Å²) in [5.74, 6) is -4.67. The van der Waals surface area contributed by atoms with Crippen LogP contribution < -0.4 is 10.2 Å². The van der Waals surface area contributed by atoms with E-state index in [1.54, 1.807) is 0 Å². The number of hydrogen-bond acceptors (Lipinski definition) is 14. The standard InChI is InChI=1S/C28H24O14/c29-10-19-23(36)27(41-20(34)6-3-11-1-4-12(30)5-2-11)25(38)28(40-19)42-26-16(33)9-18-21(24(26)37)22(35)13-7-14(31)15(32)8-17(13)39-18/h1-9,19,23,25,27-33,36-38H,10H2. The first-order valence-corrected chi connectivity index (χ1v) is 12.3. The number of carbonyl (C=O) groups excluding carboxylic acids is 1. The van der Waals surface area contributed by atoms with E-state index in [4.69, 9.17) is 18.6 Å². The van der Waals surface area contributed by atoms with Crippen molar-refractivity contribution in [1.82, 2.24) is 0 Å². The summed E-state index contributed by atoms with van der Waals surface area (Å²) in [7, 11) is 0. The second-order valence-corrected chi connectivity index (χ2v) is 9.37. The Morgan fingerprint density at radius 2 is 1.57 bits per heavy atom. The molecule has 220 valence electrons. The summed E-state index contributed by atoms with van der Waals surface area (Å²) < 4.78 is 21.6. The number of hydrogen-bond donors (Lipinski definition) is 8. The minimum absolute atomic E-state index is 0.0153. The lowest BCUT2D eigenvalue weighted by atomic mass is 9.99. The molecule has 42 heavy (non-hydrogen) atoms. The van der Waals surface area contributed by atoms with Crippen LogP contribution >= 0.6 is 0 Å². The predicted molar refractivity (Wildman–Crippen MR) is 142 cm³/mol. The van der Waals surface area contributed by atoms with E-state index in [2.05, 4.69) is 0 Å². The first kappa shape index (κ1) is 28.5. The number of fused-ring (bicyclic) bond motifs is 2. The largest absolute Gasteiger partial charge is 0.508 e. The van der Waals surface area contributed by atoms with Crippen LogP contribution in [-0.4, -0.2) is 84.1 Å². The second kappa shape index (κ2) is 11.1. The zero-order valence-corrected chi connectivity index (χ0v) is 21.3. The molecular formula is C28H24O14. The molecule has 3 aromatic carbocycles. The molecule has 14 nitrogen and oxygen atoms in total. The Bertz CT molecular complexity index is 1740. The van der Waals surface area contributed by atoms with Gasteiger partial charge in [-0.3, -0.25) is 4.79 Å². The van der Waals surface area contributed by atoms with Gasteiger partial charge in [0, 0.05) is 18.2 Å². The predicted octanol–water partition coefficient (Wildman–Crippen LogP) is 0.917. The Balaban J connectivity index is 1.45. The molecule has 1 saturated heterocycles. The van der Waals surface area contributed by atoms with Gasteiger partial charge in [0.2, 0.25) is 17.5 Å². The Morgan fingerprint density at radius 3 is 2.26 bits per heavy atom. The van der Waals surface area contributed by atoms with E-state index in [-0.39, 0.29) is 22.3 Å². The monoisotopic (exact) mass is 584 g/mol. The van der Waals surface area contributed by atoms with E-state index in [0.717, 1.165) is 24.3 Å². The molecule has 1 fully saturated rings. The van der Waals surface area contributed by atoms with E-state index in [1.807, 2.05) is 0 Å². The number of rotatable bonds is 6. The van der Waals surface area contributed by atoms with Gasteiger partial charge in [-0.15, -0.1) is 0 Å². The summed E-state index contributed by atoms with van der Waals surface area (Å²) in [5, 5.41) is 80.7. The molecule has 5 rings (SSSR count). The maximum Gasteiger partial charge on any atom is 0.331 e. The van der Waals surface area contributed by atoms with Crippen molar-refractivity contribution in [3.05, 3.63) is 64.3 Å². The summed E-state index contributed by atoms with van der Waals surface area (Å²) >= 11 is 0. The number of aliphatic hydroxyl groups excluding tert-OH is 3. The zero-order chi connectivity index (χ0) is 30.3. The van der Waals surface area contributed by atoms with Gasteiger partial charge in [-0.1, -0.05) is 12.1 Å². The normalized spacial score (nSPS) is 22.5. The van der Waals surface area contributed by atoms with E-state index < -0.39 is 82.8 Å². The molecule has 14 heteroatoms. The van der Waals surface area contributed by atoms with Crippen molar-refractivity contribution in [3.8, 4) is 34.5 Å². The second-order valence-electron chi connectivity index (χ2n) is 9.37. The molecule has 0 radical (unpaired) electrons. The molecule has 5 unspecified atom stereocenters.